The van der Waals surface area contributed by atoms with Crippen LogP contribution in [0.1, 0.15) is 136 Å². The first-order valence-electron chi connectivity index (χ1n) is 13.1. The van der Waals surface area contributed by atoms with E-state index in [1.54, 1.807) is 0 Å². The Balaban J connectivity index is 0. The van der Waals surface area contributed by atoms with Crippen molar-refractivity contribution < 1.29 is 19.5 Å². The van der Waals surface area contributed by atoms with Crippen molar-refractivity contribution in [2.75, 3.05) is 26.7 Å². The molecule has 0 aliphatic carbocycles. The van der Waals surface area contributed by atoms with Gasteiger partial charge in [0, 0.05) is 0 Å². The monoisotopic (exact) mass is 428 g/mol. The van der Waals surface area contributed by atoms with Gasteiger partial charge in [-0.2, -0.15) is 0 Å². The maximum atomic E-state index is 8.33. The van der Waals surface area contributed by atoms with Gasteiger partial charge in [0.25, 0.3) is 0 Å². The predicted molar refractivity (Wildman–Crippen MR) is 126 cm³/mol. The van der Waals surface area contributed by atoms with Gasteiger partial charge in [-0.25, -0.2) is 0 Å². The number of nitrogens with zero attached hydrogens (tertiary/aromatic N) is 1. The molecule has 0 rings (SSSR count). The van der Waals surface area contributed by atoms with E-state index in [2.05, 4.69) is 27.8 Å². The summed E-state index contributed by atoms with van der Waals surface area (Å²) >= 11 is 0. The Hall–Kier alpha value is -0.770. The fraction of sp³-hybridized carbons (Fsp3) is 0.962. The minimum atomic E-state index is -2.33. The molecule has 0 saturated carbocycles. The molecule has 4 nitrogen and oxygen atoms in total. The third-order valence-corrected chi connectivity index (χ3v) is 6.15. The van der Waals surface area contributed by atoms with E-state index in [9.17, 15) is 0 Å². The van der Waals surface area contributed by atoms with Gasteiger partial charge >= 0.3 is 0 Å². The summed E-state index contributed by atoms with van der Waals surface area (Å²) in [6.07, 6.45) is 23.5. The Morgan fingerprint density at radius 1 is 0.500 bits per heavy atom. The third kappa shape index (κ3) is 27.2. The lowest BCUT2D eigenvalue weighted by atomic mass is 10.1. The van der Waals surface area contributed by atoms with Crippen LogP contribution >= 0.6 is 0 Å². The zero-order valence-corrected chi connectivity index (χ0v) is 21.0. The summed E-state index contributed by atoms with van der Waals surface area (Å²) in [6, 6.07) is 0. The average molecular weight is 429 g/mol. The number of carbonyl (C=O) groups excluding carboxylic acids is 1. The Kier molecular flexibility index (Phi) is 25.7. The van der Waals surface area contributed by atoms with Gasteiger partial charge in [0.1, 0.15) is 0 Å². The predicted octanol–water partition coefficient (Wildman–Crippen LogP) is 6.07. The molecule has 0 aromatic heterocycles. The molecule has 0 N–H and O–H groups in total. The zero-order chi connectivity index (χ0) is 22.9. The zero-order valence-electron chi connectivity index (χ0n) is 21.0. The fourth-order valence-electron chi connectivity index (χ4n) is 4.16. The number of unbranched alkanes of at least 4 members (excludes halogenated alkanes) is 15. The van der Waals surface area contributed by atoms with Crippen molar-refractivity contribution in [1.29, 1.82) is 0 Å². The number of hydrogen-bond acceptors (Lipinski definition) is 3. The largest absolute Gasteiger partial charge is 0.652 e. The van der Waals surface area contributed by atoms with E-state index in [4.69, 9.17) is 15.0 Å². The second kappa shape index (κ2) is 24.5. The molecule has 0 unspecified atom stereocenters. The van der Waals surface area contributed by atoms with Gasteiger partial charge in [0.15, 0.2) is 0 Å². The first-order valence-corrected chi connectivity index (χ1v) is 13.1. The van der Waals surface area contributed by atoms with E-state index in [-0.39, 0.29) is 0 Å². The number of rotatable bonds is 21. The minimum Gasteiger partial charge on any atom is -0.652 e. The first kappa shape index (κ1) is 31.4. The molecule has 4 heteroatoms. The summed E-state index contributed by atoms with van der Waals surface area (Å²) in [4.78, 5) is 8.33. The Morgan fingerprint density at radius 3 is 0.933 bits per heavy atom. The number of quaternary nitrogens is 1. The summed E-state index contributed by atoms with van der Waals surface area (Å²) < 4.78 is 1.36. The quantitative estimate of drug-likeness (QED) is 0.165. The van der Waals surface area contributed by atoms with Crippen LogP contribution < -0.4 is 10.2 Å². The molecule has 0 bridgehead atoms. The molecule has 182 valence electrons. The smallest absolute Gasteiger partial charge is 0.0784 e. The number of hydrogen-bond donors (Lipinski definition) is 0. The SMILES string of the molecule is CCCCCCCC[N+](C)(CCCCCCCC)CCCCCCCC.O=C([O-])[O-]. The molecule has 0 radical (unpaired) electrons. The molecule has 0 aliphatic heterocycles. The van der Waals surface area contributed by atoms with Crippen LogP contribution in [0.25, 0.3) is 0 Å². The lowest BCUT2D eigenvalue weighted by Crippen LogP contribution is -2.46. The second-order valence-corrected chi connectivity index (χ2v) is 9.34. The lowest BCUT2D eigenvalue weighted by Gasteiger charge is -2.35. The Labute approximate surface area is 189 Å². The van der Waals surface area contributed by atoms with Crippen molar-refractivity contribution in [2.24, 2.45) is 0 Å². The highest BCUT2D eigenvalue weighted by atomic mass is 16.6. The van der Waals surface area contributed by atoms with E-state index in [0.29, 0.717) is 0 Å². The summed E-state index contributed by atoms with van der Waals surface area (Å²) in [5, 5.41) is 16.7. The van der Waals surface area contributed by atoms with Crippen LogP contribution in [0.5, 0.6) is 0 Å². The number of carboxylic acid groups (broad SMARTS) is 2. The van der Waals surface area contributed by atoms with E-state index < -0.39 is 6.16 Å². The van der Waals surface area contributed by atoms with Gasteiger partial charge in [0.05, 0.1) is 26.7 Å². The van der Waals surface area contributed by atoms with E-state index in [1.807, 2.05) is 0 Å². The minimum absolute atomic E-state index is 1.36. The highest BCUT2D eigenvalue weighted by molar-refractivity contribution is 5.47. The average Bonchev–Trinajstić information content (AvgIpc) is 2.70. The van der Waals surface area contributed by atoms with Gasteiger partial charge in [-0.05, 0) is 44.7 Å². The first-order chi connectivity index (χ1) is 14.4. The molecule has 30 heavy (non-hydrogen) atoms. The van der Waals surface area contributed by atoms with Gasteiger partial charge in [-0.15, -0.1) is 0 Å². The van der Waals surface area contributed by atoms with Crippen LogP contribution in [-0.2, 0) is 0 Å². The highest BCUT2D eigenvalue weighted by Crippen LogP contribution is 2.16. The molecule has 0 atom stereocenters. The van der Waals surface area contributed by atoms with Crippen molar-refractivity contribution in [3.05, 3.63) is 0 Å². The fourth-order valence-corrected chi connectivity index (χ4v) is 4.16. The second-order valence-electron chi connectivity index (χ2n) is 9.34. The van der Waals surface area contributed by atoms with Gasteiger partial charge in [-0.1, -0.05) is 97.8 Å². The molecule has 0 aromatic rings. The third-order valence-electron chi connectivity index (χ3n) is 6.15. The Bertz CT molecular complexity index is 302. The normalized spacial score (nSPS) is 11.2. The van der Waals surface area contributed by atoms with Crippen molar-refractivity contribution in [3.63, 3.8) is 0 Å². The highest BCUT2D eigenvalue weighted by Gasteiger charge is 2.20. The van der Waals surface area contributed by atoms with Crippen molar-refractivity contribution in [3.8, 4) is 0 Å². The van der Waals surface area contributed by atoms with E-state index >= 15 is 0 Å². The van der Waals surface area contributed by atoms with E-state index in [0.717, 1.165) is 0 Å². The molecule has 0 aromatic carbocycles. The molecule has 0 fully saturated rings. The maximum absolute atomic E-state index is 8.33. The van der Waals surface area contributed by atoms with Crippen molar-refractivity contribution >= 4 is 6.16 Å². The molecule has 0 spiro atoms. The molecule has 0 saturated heterocycles. The summed E-state index contributed by atoms with van der Waals surface area (Å²) in [7, 11) is 2.56. The lowest BCUT2D eigenvalue weighted by molar-refractivity contribution is -0.910. The molecule has 0 aliphatic rings. The van der Waals surface area contributed by atoms with Crippen molar-refractivity contribution in [1.82, 2.24) is 0 Å². The molecular formula is C26H54NO3-. The van der Waals surface area contributed by atoms with Crippen molar-refractivity contribution in [2.45, 2.75) is 136 Å². The van der Waals surface area contributed by atoms with Crippen LogP contribution in [0.2, 0.25) is 0 Å². The molecule has 0 amide bonds. The van der Waals surface area contributed by atoms with Crippen LogP contribution in [0.15, 0.2) is 0 Å². The van der Waals surface area contributed by atoms with Crippen LogP contribution in [0.4, 0.5) is 4.79 Å². The summed E-state index contributed by atoms with van der Waals surface area (Å²) in [5.41, 5.74) is 0. The van der Waals surface area contributed by atoms with Gasteiger partial charge in [-0.3, -0.25) is 0 Å². The van der Waals surface area contributed by atoms with Gasteiger partial charge < -0.3 is 19.5 Å². The number of carbonyl (C=O) groups is 1. The van der Waals surface area contributed by atoms with E-state index in [1.165, 1.54) is 140 Å². The topological polar surface area (TPSA) is 63.2 Å². The van der Waals surface area contributed by atoms with Gasteiger partial charge in [0.2, 0.25) is 0 Å². The van der Waals surface area contributed by atoms with Crippen LogP contribution in [0, 0.1) is 0 Å². The molecule has 0 heterocycles. The van der Waals surface area contributed by atoms with Crippen LogP contribution in [0.3, 0.4) is 0 Å². The summed E-state index contributed by atoms with van der Waals surface area (Å²) in [6.45, 7) is 11.2. The standard InChI is InChI=1S/C25H54N.CH2O3/c1-5-8-11-14-17-20-23-26(4,24-21-18-15-12-9-6-2)25-22-19-16-13-10-7-3;2-1(3)4/h5-25H2,1-4H3;(H2,2,3,4)/q+1;/p-2. The maximum Gasteiger partial charge on any atom is 0.0784 e. The Morgan fingerprint density at radius 2 is 0.700 bits per heavy atom. The molecular weight excluding hydrogens is 374 g/mol. The van der Waals surface area contributed by atoms with Crippen LogP contribution in [-0.4, -0.2) is 37.3 Å². The summed E-state index contributed by atoms with van der Waals surface area (Å²) in [5.74, 6) is 0.